The van der Waals surface area contributed by atoms with Crippen molar-refractivity contribution in [2.75, 3.05) is 0 Å². The lowest BCUT2D eigenvalue weighted by Crippen LogP contribution is -2.32. The fraction of sp³-hybridized carbons (Fsp3) is 0. The van der Waals surface area contributed by atoms with Gasteiger partial charge in [0, 0.05) is 0 Å². The number of carbonyl (C=O) groups is 1. The topological polar surface area (TPSA) is 147 Å². The largest absolute Gasteiger partial charge is 0.369 e. The van der Waals surface area contributed by atoms with Crippen molar-refractivity contribution >= 4 is 24.1 Å². The fourth-order valence-corrected chi connectivity index (χ4v) is 0.608. The van der Waals surface area contributed by atoms with E-state index in [1.807, 2.05) is 0 Å². The van der Waals surface area contributed by atoms with Crippen molar-refractivity contribution in [3.05, 3.63) is 6.20 Å². The van der Waals surface area contributed by atoms with Gasteiger partial charge in [0.15, 0.2) is 5.82 Å². The van der Waals surface area contributed by atoms with Gasteiger partial charge in [0.1, 0.15) is 0 Å². The quantitative estimate of drug-likeness (QED) is 0.241. The number of aromatic amines is 1. The van der Waals surface area contributed by atoms with Gasteiger partial charge in [0.05, 0.1) is 6.20 Å². The highest BCUT2D eigenvalue weighted by Crippen LogP contribution is 2.00. The van der Waals surface area contributed by atoms with Gasteiger partial charge in [-0.05, 0) is 0 Å². The number of amides is 1. The molecule has 9 nitrogen and oxygen atoms in total. The number of nitrogens with zero attached hydrogens (tertiary/aromatic N) is 4. The Balaban J connectivity index is 2.70. The van der Waals surface area contributed by atoms with Crippen LogP contribution in [0.1, 0.15) is 0 Å². The van der Waals surface area contributed by atoms with Crippen molar-refractivity contribution in [3.8, 4) is 0 Å². The summed E-state index contributed by atoms with van der Waals surface area (Å²) in [6.45, 7) is 0. The summed E-state index contributed by atoms with van der Waals surface area (Å²) in [6, 6.07) is 0. The van der Waals surface area contributed by atoms with Crippen LogP contribution < -0.4 is 16.8 Å². The van der Waals surface area contributed by atoms with Crippen LogP contribution in [0.15, 0.2) is 16.2 Å². The highest BCUT2D eigenvalue weighted by Gasteiger charge is 1.95. The molecule has 0 aromatic carbocycles. The van der Waals surface area contributed by atoms with Crippen LogP contribution >= 0.6 is 0 Å². The Morgan fingerprint density at radius 1 is 1.64 bits per heavy atom. The smallest absolute Gasteiger partial charge is 0.225 e. The SMILES string of the molecule is NC(=Nc1cn[nH]n1)N=C(N)NC=O. The second kappa shape index (κ2) is 4.54. The molecule has 0 saturated heterocycles. The summed E-state index contributed by atoms with van der Waals surface area (Å²) in [5.41, 5.74) is 10.6. The first-order valence-corrected chi connectivity index (χ1v) is 3.46. The number of hydrogen-bond donors (Lipinski definition) is 4. The average Bonchev–Trinajstić information content (AvgIpc) is 2.56. The van der Waals surface area contributed by atoms with E-state index in [2.05, 4.69) is 30.7 Å². The molecule has 0 radical (unpaired) electrons. The zero-order chi connectivity index (χ0) is 10.4. The van der Waals surface area contributed by atoms with Gasteiger partial charge in [-0.2, -0.15) is 20.3 Å². The van der Waals surface area contributed by atoms with Gasteiger partial charge < -0.3 is 11.5 Å². The zero-order valence-electron chi connectivity index (χ0n) is 7.01. The number of H-pyrrole nitrogens is 1. The third-order valence-electron chi connectivity index (χ3n) is 1.07. The van der Waals surface area contributed by atoms with Gasteiger partial charge >= 0.3 is 0 Å². The Morgan fingerprint density at radius 3 is 3.00 bits per heavy atom. The summed E-state index contributed by atoms with van der Waals surface area (Å²) in [4.78, 5) is 17.2. The highest BCUT2D eigenvalue weighted by atomic mass is 16.1. The molecule has 0 atom stereocenters. The maximum Gasteiger partial charge on any atom is 0.225 e. The van der Waals surface area contributed by atoms with E-state index in [-0.39, 0.29) is 17.7 Å². The number of nitrogens with one attached hydrogen (secondary N) is 2. The summed E-state index contributed by atoms with van der Waals surface area (Å²) < 4.78 is 0. The second-order valence-electron chi connectivity index (χ2n) is 2.06. The molecule has 6 N–H and O–H groups in total. The molecule has 0 aliphatic heterocycles. The van der Waals surface area contributed by atoms with Crippen molar-refractivity contribution in [1.82, 2.24) is 20.7 Å². The van der Waals surface area contributed by atoms with Gasteiger partial charge in [-0.1, -0.05) is 0 Å². The standard InChI is InChI=1S/C5H8N8O/c6-4(8-2-14)11-5(7)10-3-1-9-13-12-3/h1-2H,(H6,6,7,8,9,10,11,12,13,14). The van der Waals surface area contributed by atoms with E-state index in [1.54, 1.807) is 0 Å². The average molecular weight is 196 g/mol. The minimum Gasteiger partial charge on any atom is -0.369 e. The molecule has 1 heterocycles. The Morgan fingerprint density at radius 2 is 2.43 bits per heavy atom. The van der Waals surface area contributed by atoms with Gasteiger partial charge in [0.2, 0.25) is 18.3 Å². The van der Waals surface area contributed by atoms with E-state index in [0.717, 1.165) is 0 Å². The van der Waals surface area contributed by atoms with Crippen LogP contribution in [-0.4, -0.2) is 33.7 Å². The second-order valence-corrected chi connectivity index (χ2v) is 2.06. The molecule has 74 valence electrons. The lowest BCUT2D eigenvalue weighted by molar-refractivity contribution is -0.108. The molecule has 1 aromatic rings. The molecule has 1 amide bonds. The Labute approximate surface area is 78.3 Å². The molecule has 14 heavy (non-hydrogen) atoms. The molecular formula is C5H8N8O. The first-order chi connectivity index (χ1) is 6.72. The van der Waals surface area contributed by atoms with E-state index in [1.165, 1.54) is 6.20 Å². The zero-order valence-corrected chi connectivity index (χ0v) is 7.01. The number of aromatic nitrogens is 3. The van der Waals surface area contributed by atoms with Crippen LogP contribution in [0.4, 0.5) is 5.82 Å². The molecular weight excluding hydrogens is 188 g/mol. The lowest BCUT2D eigenvalue weighted by atomic mass is 10.7. The predicted molar refractivity (Wildman–Crippen MR) is 48.5 cm³/mol. The molecule has 0 bridgehead atoms. The normalized spacial score (nSPS) is 12.6. The summed E-state index contributed by atoms with van der Waals surface area (Å²) in [6.07, 6.45) is 1.73. The summed E-state index contributed by atoms with van der Waals surface area (Å²) in [5.74, 6) is -0.0133. The number of hydrogen-bond acceptors (Lipinski definition) is 4. The Kier molecular flexibility index (Phi) is 3.13. The van der Waals surface area contributed by atoms with E-state index < -0.39 is 0 Å². The van der Waals surface area contributed by atoms with Crippen LogP contribution in [0.2, 0.25) is 0 Å². The summed E-state index contributed by atoms with van der Waals surface area (Å²) in [5, 5.41) is 11.5. The number of carbonyl (C=O) groups excluding carboxylic acids is 1. The van der Waals surface area contributed by atoms with E-state index >= 15 is 0 Å². The molecule has 0 aliphatic carbocycles. The third kappa shape index (κ3) is 2.89. The van der Waals surface area contributed by atoms with Crippen LogP contribution in [0.5, 0.6) is 0 Å². The van der Waals surface area contributed by atoms with Crippen molar-refractivity contribution in [1.29, 1.82) is 0 Å². The fourth-order valence-electron chi connectivity index (χ4n) is 0.608. The first-order valence-electron chi connectivity index (χ1n) is 3.46. The molecule has 0 saturated carbocycles. The highest BCUT2D eigenvalue weighted by molar-refractivity contribution is 5.97. The molecule has 1 rings (SSSR count). The van der Waals surface area contributed by atoms with E-state index in [0.29, 0.717) is 6.41 Å². The molecule has 0 fully saturated rings. The molecule has 9 heteroatoms. The Hall–Kier alpha value is -2.45. The van der Waals surface area contributed by atoms with Crippen molar-refractivity contribution in [3.63, 3.8) is 0 Å². The van der Waals surface area contributed by atoms with Gasteiger partial charge in [-0.15, -0.1) is 5.10 Å². The number of rotatable bonds is 2. The van der Waals surface area contributed by atoms with E-state index in [4.69, 9.17) is 11.5 Å². The van der Waals surface area contributed by atoms with Crippen LogP contribution in [0, 0.1) is 0 Å². The maximum atomic E-state index is 9.93. The minimum absolute atomic E-state index is 0.134. The summed E-state index contributed by atoms with van der Waals surface area (Å²) in [7, 11) is 0. The van der Waals surface area contributed by atoms with Crippen molar-refractivity contribution < 1.29 is 4.79 Å². The molecule has 0 spiro atoms. The number of aliphatic imine (C=N–C) groups is 2. The number of guanidine groups is 2. The van der Waals surface area contributed by atoms with Crippen LogP contribution in [-0.2, 0) is 4.79 Å². The van der Waals surface area contributed by atoms with Crippen molar-refractivity contribution in [2.24, 2.45) is 21.5 Å². The number of nitrogens with two attached hydrogens (primary N) is 2. The predicted octanol–water partition coefficient (Wildman–Crippen LogP) is -2.19. The molecule has 0 unspecified atom stereocenters. The monoisotopic (exact) mass is 196 g/mol. The molecule has 0 aliphatic rings. The van der Waals surface area contributed by atoms with Crippen molar-refractivity contribution in [2.45, 2.75) is 0 Å². The first kappa shape index (κ1) is 9.64. The van der Waals surface area contributed by atoms with Gasteiger partial charge in [-0.25, -0.2) is 0 Å². The minimum atomic E-state index is -0.148. The van der Waals surface area contributed by atoms with Gasteiger partial charge in [-0.3, -0.25) is 10.1 Å². The molecule has 1 aromatic heterocycles. The summed E-state index contributed by atoms with van der Waals surface area (Å²) >= 11 is 0. The lowest BCUT2D eigenvalue weighted by Gasteiger charge is -1.95. The Bertz CT molecular complexity index is 352. The van der Waals surface area contributed by atoms with Gasteiger partial charge in [0.25, 0.3) is 0 Å². The third-order valence-corrected chi connectivity index (χ3v) is 1.07. The maximum absolute atomic E-state index is 9.93. The van der Waals surface area contributed by atoms with Crippen LogP contribution in [0.25, 0.3) is 0 Å². The van der Waals surface area contributed by atoms with Crippen LogP contribution in [0.3, 0.4) is 0 Å². The van der Waals surface area contributed by atoms with E-state index in [9.17, 15) is 4.79 Å².